The van der Waals surface area contributed by atoms with E-state index in [-0.39, 0.29) is 5.56 Å². The van der Waals surface area contributed by atoms with Gasteiger partial charge in [-0.15, -0.1) is 0 Å². The van der Waals surface area contributed by atoms with E-state index in [1.165, 1.54) is 13.0 Å². The van der Waals surface area contributed by atoms with Crippen LogP contribution in [0.4, 0.5) is 20.3 Å². The average Bonchev–Trinajstić information content (AvgIpc) is 2.88. The summed E-state index contributed by atoms with van der Waals surface area (Å²) < 4.78 is 35.2. The van der Waals surface area contributed by atoms with Crippen LogP contribution < -0.4 is 15.0 Å². The van der Waals surface area contributed by atoms with Gasteiger partial charge in [0, 0.05) is 43.9 Å². The third-order valence-corrected chi connectivity index (χ3v) is 6.99. The largest absolute Gasteiger partial charge is 0.475 e. The Bertz CT molecular complexity index is 1250. The number of alkyl halides is 1. The first-order valence-corrected chi connectivity index (χ1v) is 13.3. The van der Waals surface area contributed by atoms with Crippen molar-refractivity contribution in [2.45, 2.75) is 39.9 Å². The van der Waals surface area contributed by atoms with Gasteiger partial charge in [-0.05, 0) is 47.5 Å². The number of rotatable bonds is 10. The second-order valence-electron chi connectivity index (χ2n) is 10.1. The second kappa shape index (κ2) is 12.2. The summed E-state index contributed by atoms with van der Waals surface area (Å²) in [6.45, 7) is 13.1. The van der Waals surface area contributed by atoms with Gasteiger partial charge in [-0.2, -0.15) is 4.98 Å². The number of likely N-dealkylation sites (N-methyl/N-ethyl adjacent to an activating group) is 2. The Labute approximate surface area is 224 Å². The number of aromatic nitrogens is 3. The Balaban J connectivity index is 1.72. The van der Waals surface area contributed by atoms with Gasteiger partial charge < -0.3 is 24.8 Å². The summed E-state index contributed by atoms with van der Waals surface area (Å²) in [6, 6.07) is 6.40. The molecule has 1 aliphatic heterocycles. The molecule has 1 N–H and O–H groups in total. The fourth-order valence-electron chi connectivity index (χ4n) is 4.70. The van der Waals surface area contributed by atoms with Crippen LogP contribution in [0.3, 0.4) is 0 Å². The highest BCUT2D eigenvalue weighted by molar-refractivity contribution is 5.90. The van der Waals surface area contributed by atoms with Gasteiger partial charge in [0.1, 0.15) is 35.9 Å². The smallest absolute Gasteiger partial charge is 0.239 e. The van der Waals surface area contributed by atoms with Crippen molar-refractivity contribution < 1.29 is 13.5 Å². The number of hydrogen-bond donors (Lipinski definition) is 1. The molecule has 0 amide bonds. The number of nitrogens with zero attached hydrogens (tertiary/aromatic N) is 6. The normalized spacial score (nSPS) is 16.2. The summed E-state index contributed by atoms with van der Waals surface area (Å²) in [5.74, 6) is 1.10. The molecule has 2 aromatic heterocycles. The summed E-state index contributed by atoms with van der Waals surface area (Å²) in [7, 11) is 4.01. The Kier molecular flexibility index (Phi) is 8.94. The van der Waals surface area contributed by atoms with E-state index < -0.39 is 18.0 Å². The van der Waals surface area contributed by atoms with Crippen LogP contribution in [0.1, 0.15) is 49.9 Å². The molecule has 38 heavy (non-hydrogen) atoms. The number of ether oxygens (including phenoxy) is 1. The number of nitrogens with one attached hydrogen (secondary N) is 1. The molecule has 1 unspecified atom stereocenters. The van der Waals surface area contributed by atoms with Gasteiger partial charge in [0.25, 0.3) is 0 Å². The molecule has 0 aliphatic carbocycles. The van der Waals surface area contributed by atoms with E-state index in [9.17, 15) is 4.39 Å². The maximum Gasteiger partial charge on any atom is 0.239 e. The number of hydrogen-bond acceptors (Lipinski definition) is 8. The monoisotopic (exact) mass is 527 g/mol. The summed E-state index contributed by atoms with van der Waals surface area (Å²) in [4.78, 5) is 20.8. The first-order chi connectivity index (χ1) is 18.2. The lowest BCUT2D eigenvalue weighted by molar-refractivity contribution is 0.250. The molecule has 1 aromatic carbocycles. The number of halogens is 2. The summed E-state index contributed by atoms with van der Waals surface area (Å²) in [6.07, 6.45) is -1.39. The number of benzene rings is 1. The molecule has 1 aliphatic rings. The topological polar surface area (TPSA) is 69.6 Å². The minimum absolute atomic E-state index is 0.0505. The highest BCUT2D eigenvalue weighted by Gasteiger charge is 2.24. The molecule has 1 saturated heterocycles. The van der Waals surface area contributed by atoms with Crippen LogP contribution in [-0.2, 0) is 0 Å². The SMILES string of the molecule is CCN1CCN(c2cc3c(N[C@H](C)c4cccc(C(C)F)c4F)nc(C)nc3nc2OCCN(C)C)CC1. The first kappa shape index (κ1) is 27.9. The minimum Gasteiger partial charge on any atom is -0.475 e. The molecule has 0 bridgehead atoms. The predicted octanol–water partition coefficient (Wildman–Crippen LogP) is 4.76. The third kappa shape index (κ3) is 6.30. The number of pyridine rings is 1. The van der Waals surface area contributed by atoms with Crippen molar-refractivity contribution in [3.8, 4) is 5.88 Å². The van der Waals surface area contributed by atoms with Crippen molar-refractivity contribution in [2.24, 2.45) is 0 Å². The van der Waals surface area contributed by atoms with E-state index in [1.807, 2.05) is 27.1 Å². The molecular formula is C28H39F2N7O. The lowest BCUT2D eigenvalue weighted by Gasteiger charge is -2.36. The molecular weight excluding hydrogens is 488 g/mol. The van der Waals surface area contributed by atoms with Crippen molar-refractivity contribution in [1.29, 1.82) is 0 Å². The van der Waals surface area contributed by atoms with Crippen molar-refractivity contribution in [3.63, 3.8) is 0 Å². The molecule has 4 rings (SSSR count). The van der Waals surface area contributed by atoms with Crippen molar-refractivity contribution in [3.05, 3.63) is 47.0 Å². The van der Waals surface area contributed by atoms with E-state index in [0.717, 1.165) is 50.3 Å². The molecule has 10 heteroatoms. The average molecular weight is 528 g/mol. The van der Waals surface area contributed by atoms with Crippen molar-refractivity contribution in [1.82, 2.24) is 24.8 Å². The third-order valence-electron chi connectivity index (χ3n) is 6.99. The quantitative estimate of drug-likeness (QED) is 0.405. The number of piperazine rings is 1. The van der Waals surface area contributed by atoms with Crippen LogP contribution in [0.25, 0.3) is 11.0 Å². The highest BCUT2D eigenvalue weighted by Crippen LogP contribution is 2.35. The maximum atomic E-state index is 15.1. The van der Waals surface area contributed by atoms with Crippen LogP contribution in [0.15, 0.2) is 24.3 Å². The molecule has 206 valence electrons. The van der Waals surface area contributed by atoms with Crippen LogP contribution in [0, 0.1) is 12.7 Å². The van der Waals surface area contributed by atoms with Crippen LogP contribution in [-0.4, -0.2) is 84.7 Å². The minimum atomic E-state index is -1.39. The molecule has 3 heterocycles. The first-order valence-electron chi connectivity index (χ1n) is 13.3. The fraction of sp³-hybridized carbons (Fsp3) is 0.536. The van der Waals surface area contributed by atoms with E-state index in [4.69, 9.17) is 9.72 Å². The fourth-order valence-corrected chi connectivity index (χ4v) is 4.70. The number of aryl methyl sites for hydroxylation is 1. The van der Waals surface area contributed by atoms with Gasteiger partial charge in [-0.3, -0.25) is 0 Å². The lowest BCUT2D eigenvalue weighted by Crippen LogP contribution is -2.46. The predicted molar refractivity (Wildman–Crippen MR) is 148 cm³/mol. The molecule has 8 nitrogen and oxygen atoms in total. The van der Waals surface area contributed by atoms with Gasteiger partial charge in [0.15, 0.2) is 5.65 Å². The van der Waals surface area contributed by atoms with Crippen LogP contribution >= 0.6 is 0 Å². The Hall–Kier alpha value is -3.11. The van der Waals surface area contributed by atoms with Gasteiger partial charge >= 0.3 is 0 Å². The van der Waals surface area contributed by atoms with Gasteiger partial charge in [0.2, 0.25) is 5.88 Å². The molecule has 1 fully saturated rings. The Morgan fingerprint density at radius 2 is 1.79 bits per heavy atom. The molecule has 3 aromatic rings. The standard InChI is InChI=1S/C28H39F2N7O/c1-7-36-11-13-37(14-12-36)24-17-23-26(31-19(3)22-10-8-9-21(18(2)29)25(22)30)32-20(4)33-27(23)34-28(24)38-16-15-35(5)6/h8-10,17-19H,7,11-16H2,1-6H3,(H,31,32,33,34)/t18?,19-/m1/s1. The number of anilines is 2. The summed E-state index contributed by atoms with van der Waals surface area (Å²) in [5, 5.41) is 4.07. The molecule has 0 radical (unpaired) electrons. The van der Waals surface area contributed by atoms with Gasteiger partial charge in [0.05, 0.1) is 11.4 Å². The maximum absolute atomic E-state index is 15.1. The molecule has 2 atom stereocenters. The summed E-state index contributed by atoms with van der Waals surface area (Å²) >= 11 is 0. The molecule has 0 saturated carbocycles. The summed E-state index contributed by atoms with van der Waals surface area (Å²) in [5.41, 5.74) is 1.84. The van der Waals surface area contributed by atoms with Crippen LogP contribution in [0.2, 0.25) is 0 Å². The lowest BCUT2D eigenvalue weighted by atomic mass is 10.0. The zero-order valence-electron chi connectivity index (χ0n) is 23.3. The van der Waals surface area contributed by atoms with Gasteiger partial charge in [-0.25, -0.2) is 18.7 Å². The van der Waals surface area contributed by atoms with Crippen molar-refractivity contribution >= 4 is 22.5 Å². The van der Waals surface area contributed by atoms with E-state index >= 15 is 4.39 Å². The second-order valence-corrected chi connectivity index (χ2v) is 10.1. The van der Waals surface area contributed by atoms with Gasteiger partial charge in [-0.1, -0.05) is 25.1 Å². The van der Waals surface area contributed by atoms with E-state index in [0.29, 0.717) is 35.3 Å². The van der Waals surface area contributed by atoms with E-state index in [1.54, 1.807) is 19.1 Å². The van der Waals surface area contributed by atoms with E-state index in [2.05, 4.69) is 36.9 Å². The van der Waals surface area contributed by atoms with Crippen molar-refractivity contribution in [2.75, 3.05) is 70.2 Å². The number of fused-ring (bicyclic) bond motifs is 1. The van der Waals surface area contributed by atoms with Crippen LogP contribution in [0.5, 0.6) is 5.88 Å². The zero-order valence-corrected chi connectivity index (χ0v) is 23.3. The Morgan fingerprint density at radius 3 is 2.45 bits per heavy atom. The Morgan fingerprint density at radius 1 is 1.08 bits per heavy atom. The highest BCUT2D eigenvalue weighted by atomic mass is 19.1. The zero-order chi connectivity index (χ0) is 27.4. The molecule has 0 spiro atoms.